The molecule has 12 unspecified atom stereocenters. The number of carbonyl (C=O) groups excluding carboxylic acids is 2. The Morgan fingerprint density at radius 1 is 0.904 bits per heavy atom. The van der Waals surface area contributed by atoms with E-state index in [-0.39, 0.29) is 25.2 Å². The van der Waals surface area contributed by atoms with Gasteiger partial charge in [-0.3, -0.25) is 9.59 Å². The van der Waals surface area contributed by atoms with Crippen molar-refractivity contribution in [3.63, 3.8) is 0 Å². The normalized spacial score (nSPS) is 39.8. The number of esters is 1. The first-order chi connectivity index (χ1) is 24.5. The smallest absolute Gasteiger partial charge is 0.471 e. The van der Waals surface area contributed by atoms with Crippen molar-refractivity contribution in [3.8, 4) is 0 Å². The average molecular weight is 760 g/mol. The molecule has 2 saturated carbocycles. The van der Waals surface area contributed by atoms with Crippen LogP contribution in [-0.2, 0) is 42.8 Å². The van der Waals surface area contributed by atoms with Crippen LogP contribution in [0.3, 0.4) is 0 Å². The topological polar surface area (TPSA) is 240 Å². The van der Waals surface area contributed by atoms with Crippen LogP contribution in [0.2, 0.25) is 0 Å². The molecular formula is C33H52F3NO15. The van der Waals surface area contributed by atoms with E-state index in [0.29, 0.717) is 19.3 Å². The number of amides is 1. The molecule has 4 aliphatic rings. The van der Waals surface area contributed by atoms with Crippen LogP contribution in [0.25, 0.3) is 0 Å². The Morgan fingerprint density at radius 3 is 2.15 bits per heavy atom. The number of methoxy groups -OCH3 is 1. The number of nitrogens with one attached hydrogen (secondary N) is 1. The molecule has 0 radical (unpaired) electrons. The van der Waals surface area contributed by atoms with E-state index in [1.54, 1.807) is 12.2 Å². The second kappa shape index (κ2) is 18.4. The van der Waals surface area contributed by atoms with Gasteiger partial charge in [0.15, 0.2) is 18.7 Å². The van der Waals surface area contributed by atoms with E-state index in [0.717, 1.165) is 26.4 Å². The van der Waals surface area contributed by atoms with Gasteiger partial charge in [-0.15, -0.1) is 0 Å². The molecule has 19 heteroatoms. The summed E-state index contributed by atoms with van der Waals surface area (Å²) in [5.74, 6) is -6.07. The van der Waals surface area contributed by atoms with Crippen LogP contribution in [0.15, 0.2) is 0 Å². The third-order valence-corrected chi connectivity index (χ3v) is 10.7. The van der Waals surface area contributed by atoms with Gasteiger partial charge in [0.1, 0.15) is 42.7 Å². The Hall–Kier alpha value is -2.20. The lowest BCUT2D eigenvalue weighted by Gasteiger charge is -2.49. The van der Waals surface area contributed by atoms with Gasteiger partial charge < -0.3 is 64.4 Å². The highest BCUT2D eigenvalue weighted by Gasteiger charge is 2.54. The number of carboxylic acid groups (broad SMARTS) is 1. The van der Waals surface area contributed by atoms with Crippen molar-refractivity contribution >= 4 is 17.8 Å². The lowest BCUT2D eigenvalue weighted by molar-refractivity contribution is -0.339. The molecule has 1 amide bonds. The standard InChI is InChI=1S/C33H52F3NO15/c1-4-16-11-17(29(45)47-3)12-18(26(16)52-31-25(42)24(41)22(39)14(2)48-31)50-30-21(37-32(46)33(34,35)36)27(23(40)20(13-38)51-30)49-19(28(43)44)10-15-8-6-5-7-9-15/h14-27,30-31,38-42H,4-13H2,1-3H3,(H,37,46)(H,43,44)/t14?,16?,17?,18?,19-,20-,21?,22?,23?,24?,25?,26?,27?,30+,31?/m0/s1. The van der Waals surface area contributed by atoms with Gasteiger partial charge in [-0.1, -0.05) is 45.4 Å². The summed E-state index contributed by atoms with van der Waals surface area (Å²) in [5, 5.41) is 64.5. The molecule has 16 nitrogen and oxygen atoms in total. The zero-order chi connectivity index (χ0) is 38.5. The molecule has 2 saturated heterocycles. The van der Waals surface area contributed by atoms with Gasteiger partial charge in [0.05, 0.1) is 37.9 Å². The van der Waals surface area contributed by atoms with Crippen LogP contribution in [0, 0.1) is 17.8 Å². The summed E-state index contributed by atoms with van der Waals surface area (Å²) in [6.45, 7) is 2.26. The lowest BCUT2D eigenvalue weighted by Crippen LogP contribution is -2.68. The van der Waals surface area contributed by atoms with Crippen molar-refractivity contribution in [2.24, 2.45) is 17.8 Å². The van der Waals surface area contributed by atoms with Gasteiger partial charge >= 0.3 is 24.0 Å². The number of halogens is 3. The van der Waals surface area contributed by atoms with Gasteiger partial charge in [-0.25, -0.2) is 4.79 Å². The number of aliphatic carboxylic acids is 1. The molecule has 0 spiro atoms. The fraction of sp³-hybridized carbons (Fsp3) is 0.909. The molecule has 2 aliphatic heterocycles. The lowest BCUT2D eigenvalue weighted by atomic mass is 9.76. The van der Waals surface area contributed by atoms with Crippen molar-refractivity contribution in [3.05, 3.63) is 0 Å². The highest BCUT2D eigenvalue weighted by atomic mass is 19.4. The Kier molecular flexibility index (Phi) is 15.1. The molecule has 7 N–H and O–H groups in total. The highest BCUT2D eigenvalue weighted by Crippen LogP contribution is 2.40. The molecule has 300 valence electrons. The molecule has 4 fully saturated rings. The molecule has 0 bridgehead atoms. The quantitative estimate of drug-likeness (QED) is 0.124. The van der Waals surface area contributed by atoms with Crippen LogP contribution < -0.4 is 5.32 Å². The molecule has 52 heavy (non-hydrogen) atoms. The van der Waals surface area contributed by atoms with E-state index >= 15 is 0 Å². The second-order valence-corrected chi connectivity index (χ2v) is 14.2. The summed E-state index contributed by atoms with van der Waals surface area (Å²) in [6.07, 6.45) is -20.0. The zero-order valence-corrected chi connectivity index (χ0v) is 29.3. The van der Waals surface area contributed by atoms with Gasteiger partial charge in [-0.2, -0.15) is 13.2 Å². The van der Waals surface area contributed by atoms with Crippen LogP contribution in [0.5, 0.6) is 0 Å². The van der Waals surface area contributed by atoms with E-state index in [2.05, 4.69) is 0 Å². The SMILES string of the molecule is CCC1CC(C(=O)OC)CC(O[C@@H]2O[C@@H](CO)C(O)C(O[C@@H](CC3CCCCC3)C(=O)O)C2NC(=O)C(F)(F)F)C1OC1OC(C)C(O)C(O)C1O. The number of carbonyl (C=O) groups is 3. The van der Waals surface area contributed by atoms with E-state index in [1.807, 2.05) is 0 Å². The molecule has 0 aromatic heterocycles. The van der Waals surface area contributed by atoms with Crippen molar-refractivity contribution in [2.45, 2.75) is 157 Å². The van der Waals surface area contributed by atoms with Gasteiger partial charge in [-0.05, 0) is 38.0 Å². The van der Waals surface area contributed by atoms with E-state index in [1.165, 1.54) is 6.92 Å². The number of hydrogen-bond acceptors (Lipinski definition) is 14. The fourth-order valence-electron chi connectivity index (χ4n) is 7.72. The molecule has 15 atom stereocenters. The number of rotatable bonds is 13. The third kappa shape index (κ3) is 10.1. The predicted octanol–water partition coefficient (Wildman–Crippen LogP) is 0.128. The van der Waals surface area contributed by atoms with Crippen molar-refractivity contribution in [1.29, 1.82) is 0 Å². The number of aliphatic hydroxyl groups excluding tert-OH is 5. The number of ether oxygens (including phenoxy) is 6. The maximum absolute atomic E-state index is 13.7. The van der Waals surface area contributed by atoms with Gasteiger partial charge in [0.25, 0.3) is 0 Å². The van der Waals surface area contributed by atoms with Crippen LogP contribution in [0.1, 0.15) is 71.6 Å². The Balaban J connectivity index is 1.71. The molecule has 2 aliphatic carbocycles. The summed E-state index contributed by atoms with van der Waals surface area (Å²) in [5.41, 5.74) is 0. The maximum atomic E-state index is 13.7. The summed E-state index contributed by atoms with van der Waals surface area (Å²) >= 11 is 0. The summed E-state index contributed by atoms with van der Waals surface area (Å²) in [6, 6.07) is -2.02. The molecular weight excluding hydrogens is 707 g/mol. The number of aliphatic hydroxyl groups is 5. The number of alkyl halides is 3. The molecule has 0 aromatic carbocycles. The molecule has 2 heterocycles. The van der Waals surface area contributed by atoms with Crippen LogP contribution >= 0.6 is 0 Å². The van der Waals surface area contributed by atoms with Crippen molar-refractivity contribution in [1.82, 2.24) is 5.32 Å². The first-order valence-electron chi connectivity index (χ1n) is 17.8. The monoisotopic (exact) mass is 759 g/mol. The van der Waals surface area contributed by atoms with Gasteiger partial charge in [0.2, 0.25) is 0 Å². The van der Waals surface area contributed by atoms with E-state index in [4.69, 9.17) is 28.4 Å². The third-order valence-electron chi connectivity index (χ3n) is 10.7. The summed E-state index contributed by atoms with van der Waals surface area (Å²) < 4.78 is 75.7. The maximum Gasteiger partial charge on any atom is 0.471 e. The van der Waals surface area contributed by atoms with Crippen LogP contribution in [-0.4, -0.2) is 148 Å². The minimum atomic E-state index is -5.45. The largest absolute Gasteiger partial charge is 0.479 e. The van der Waals surface area contributed by atoms with E-state index < -0.39 is 122 Å². The Bertz CT molecular complexity index is 1190. The first-order valence-corrected chi connectivity index (χ1v) is 17.8. The first kappa shape index (κ1) is 42.5. The summed E-state index contributed by atoms with van der Waals surface area (Å²) in [7, 11) is 1.16. The minimum absolute atomic E-state index is 0.0329. The molecule has 4 rings (SSSR count). The number of hydrogen-bond donors (Lipinski definition) is 7. The molecule has 0 aromatic rings. The highest BCUT2D eigenvalue weighted by molar-refractivity contribution is 5.82. The van der Waals surface area contributed by atoms with Crippen molar-refractivity contribution < 1.29 is 86.6 Å². The van der Waals surface area contributed by atoms with Gasteiger partial charge in [0, 0.05) is 0 Å². The predicted molar refractivity (Wildman–Crippen MR) is 168 cm³/mol. The zero-order valence-electron chi connectivity index (χ0n) is 29.3. The van der Waals surface area contributed by atoms with Crippen molar-refractivity contribution in [2.75, 3.05) is 13.7 Å². The second-order valence-electron chi connectivity index (χ2n) is 14.2. The Morgan fingerprint density at radius 2 is 1.58 bits per heavy atom. The average Bonchev–Trinajstić information content (AvgIpc) is 3.11. The summed E-state index contributed by atoms with van der Waals surface area (Å²) in [4.78, 5) is 37.6. The fourth-order valence-corrected chi connectivity index (χ4v) is 7.72. The van der Waals surface area contributed by atoms with E-state index in [9.17, 15) is 58.2 Å². The Labute approximate surface area is 298 Å². The number of carboxylic acids is 1. The van der Waals surface area contributed by atoms with Crippen LogP contribution in [0.4, 0.5) is 13.2 Å². The minimum Gasteiger partial charge on any atom is -0.479 e.